The molecule has 0 bridgehead atoms. The second kappa shape index (κ2) is 6.67. The van der Waals surface area contributed by atoms with E-state index in [-0.39, 0.29) is 18.2 Å². The van der Waals surface area contributed by atoms with Crippen molar-refractivity contribution in [3.05, 3.63) is 32.3 Å². The van der Waals surface area contributed by atoms with Crippen molar-refractivity contribution in [2.75, 3.05) is 13.4 Å². The van der Waals surface area contributed by atoms with E-state index in [2.05, 4.69) is 15.9 Å². The third kappa shape index (κ3) is 3.66. The Morgan fingerprint density at radius 1 is 1.56 bits per heavy atom. The fourth-order valence-electron chi connectivity index (χ4n) is 1.39. The van der Waals surface area contributed by atoms with Crippen LogP contribution in [0.5, 0.6) is 5.75 Å². The molecule has 7 heteroatoms. The van der Waals surface area contributed by atoms with Gasteiger partial charge in [0.25, 0.3) is 0 Å². The average Bonchev–Trinajstić information content (AvgIpc) is 2.30. The van der Waals surface area contributed by atoms with Crippen LogP contribution in [0.2, 0.25) is 0 Å². The van der Waals surface area contributed by atoms with E-state index in [1.807, 2.05) is 0 Å². The maximum atomic E-state index is 11.0. The molecule has 1 aromatic rings. The first-order chi connectivity index (χ1) is 8.47. The van der Waals surface area contributed by atoms with Crippen LogP contribution in [0.25, 0.3) is 0 Å². The highest BCUT2D eigenvalue weighted by atomic mass is 79.9. The monoisotopic (exact) mass is 319 g/mol. The van der Waals surface area contributed by atoms with E-state index in [0.717, 1.165) is 0 Å². The minimum absolute atomic E-state index is 0.0339. The number of rotatable bonds is 6. The molecule has 0 aromatic heterocycles. The smallest absolute Gasteiger partial charge is 0.312 e. The molecule has 1 rings (SSSR count). The summed E-state index contributed by atoms with van der Waals surface area (Å²) in [7, 11) is 0. The Morgan fingerprint density at radius 2 is 2.22 bits per heavy atom. The van der Waals surface area contributed by atoms with Crippen LogP contribution in [0.4, 0.5) is 5.69 Å². The van der Waals surface area contributed by atoms with Gasteiger partial charge in [-0.3, -0.25) is 10.1 Å². The average molecular weight is 320 g/mol. The zero-order valence-corrected chi connectivity index (χ0v) is 11.6. The Labute approximate surface area is 113 Å². The minimum Gasteiger partial charge on any atom is -0.460 e. The second-order valence-corrected chi connectivity index (χ2v) is 4.45. The summed E-state index contributed by atoms with van der Waals surface area (Å²) < 4.78 is 10.7. The number of nitrogens with zero attached hydrogens (tertiary/aromatic N) is 1. The number of hydrogen-bond acceptors (Lipinski definition) is 5. The molecule has 0 fully saturated rings. The Bertz CT molecular complexity index is 436. The molecule has 1 N–H and O–H groups in total. The third-order valence-corrected chi connectivity index (χ3v) is 2.66. The molecule has 18 heavy (non-hydrogen) atoms. The number of aliphatic hydroxyl groups excluding tert-OH is 1. The topological polar surface area (TPSA) is 81.8 Å². The van der Waals surface area contributed by atoms with Crippen molar-refractivity contribution in [1.82, 2.24) is 0 Å². The zero-order chi connectivity index (χ0) is 13.7. The molecule has 0 radical (unpaired) electrons. The van der Waals surface area contributed by atoms with Crippen LogP contribution in [0, 0.1) is 10.1 Å². The Kier molecular flexibility index (Phi) is 5.52. The lowest BCUT2D eigenvalue weighted by Gasteiger charge is -2.14. The Balaban J connectivity index is 3.18. The van der Waals surface area contributed by atoms with E-state index >= 15 is 0 Å². The highest BCUT2D eigenvalue weighted by molar-refractivity contribution is 9.10. The largest absolute Gasteiger partial charge is 0.460 e. The van der Waals surface area contributed by atoms with Gasteiger partial charge < -0.3 is 14.6 Å². The normalized spacial score (nSPS) is 12.2. The van der Waals surface area contributed by atoms with Crippen LogP contribution in [-0.4, -0.2) is 23.4 Å². The fraction of sp³-hybridized carbons (Fsp3) is 0.455. The van der Waals surface area contributed by atoms with Gasteiger partial charge in [0.2, 0.25) is 5.75 Å². The maximum absolute atomic E-state index is 11.0. The van der Waals surface area contributed by atoms with Crippen molar-refractivity contribution in [3.63, 3.8) is 0 Å². The Hall–Kier alpha value is -1.18. The molecule has 0 saturated heterocycles. The number of nitro groups is 1. The molecule has 0 aliphatic carbocycles. The van der Waals surface area contributed by atoms with E-state index in [1.54, 1.807) is 13.0 Å². The molecule has 0 unspecified atom stereocenters. The van der Waals surface area contributed by atoms with Crippen molar-refractivity contribution < 1.29 is 19.5 Å². The van der Waals surface area contributed by atoms with Crippen molar-refractivity contribution >= 4 is 21.6 Å². The molecule has 0 amide bonds. The van der Waals surface area contributed by atoms with Gasteiger partial charge in [0.15, 0.2) is 6.79 Å². The summed E-state index contributed by atoms with van der Waals surface area (Å²) >= 11 is 3.16. The zero-order valence-electron chi connectivity index (χ0n) is 10.1. The first kappa shape index (κ1) is 14.9. The molecule has 100 valence electrons. The van der Waals surface area contributed by atoms with Crippen LogP contribution < -0.4 is 4.74 Å². The third-order valence-electron chi connectivity index (χ3n) is 2.20. The van der Waals surface area contributed by atoms with E-state index in [1.165, 1.54) is 13.0 Å². The van der Waals surface area contributed by atoms with Gasteiger partial charge in [0, 0.05) is 22.7 Å². The predicted molar refractivity (Wildman–Crippen MR) is 68.6 cm³/mol. The lowest BCUT2D eigenvalue weighted by molar-refractivity contribution is -0.386. The van der Waals surface area contributed by atoms with Crippen molar-refractivity contribution in [3.8, 4) is 5.75 Å². The van der Waals surface area contributed by atoms with E-state index in [4.69, 9.17) is 9.47 Å². The first-order valence-electron chi connectivity index (χ1n) is 5.33. The molecule has 0 aliphatic heterocycles. The summed E-state index contributed by atoms with van der Waals surface area (Å²) in [6, 6.07) is 2.91. The summed E-state index contributed by atoms with van der Waals surface area (Å²) in [5.74, 6) is 0.0339. The van der Waals surface area contributed by atoms with Crippen molar-refractivity contribution in [2.24, 2.45) is 0 Å². The van der Waals surface area contributed by atoms with Crippen LogP contribution in [-0.2, 0) is 4.74 Å². The highest BCUT2D eigenvalue weighted by Crippen LogP contribution is 2.37. The van der Waals surface area contributed by atoms with Gasteiger partial charge in [-0.1, -0.05) is 15.9 Å². The molecule has 0 saturated carbocycles. The molecule has 1 aromatic carbocycles. The highest BCUT2D eigenvalue weighted by Gasteiger charge is 2.23. The summed E-state index contributed by atoms with van der Waals surface area (Å²) in [6.45, 7) is 3.64. The number of benzene rings is 1. The van der Waals surface area contributed by atoms with Crippen molar-refractivity contribution in [2.45, 2.75) is 20.0 Å². The van der Waals surface area contributed by atoms with Gasteiger partial charge in [0.05, 0.1) is 11.0 Å². The quantitative estimate of drug-likeness (QED) is 0.377. The molecule has 0 heterocycles. The lowest BCUT2D eigenvalue weighted by atomic mass is 10.1. The molecule has 1 atom stereocenters. The number of hydrogen-bond donors (Lipinski definition) is 1. The van der Waals surface area contributed by atoms with E-state index in [0.29, 0.717) is 16.6 Å². The second-order valence-electron chi connectivity index (χ2n) is 3.53. The van der Waals surface area contributed by atoms with Gasteiger partial charge in [-0.2, -0.15) is 0 Å². The molecular formula is C11H14BrNO5. The van der Waals surface area contributed by atoms with Crippen LogP contribution in [0.1, 0.15) is 25.5 Å². The van der Waals surface area contributed by atoms with Gasteiger partial charge in [-0.05, 0) is 19.9 Å². The molecule has 6 nitrogen and oxygen atoms in total. The Morgan fingerprint density at radius 3 is 2.72 bits per heavy atom. The van der Waals surface area contributed by atoms with Crippen LogP contribution >= 0.6 is 15.9 Å². The minimum atomic E-state index is -0.877. The summed E-state index contributed by atoms with van der Waals surface area (Å²) in [4.78, 5) is 10.4. The predicted octanol–water partition coefficient (Wildman–Crippen LogP) is 2.78. The first-order valence-corrected chi connectivity index (χ1v) is 6.13. The van der Waals surface area contributed by atoms with E-state index in [9.17, 15) is 15.2 Å². The maximum Gasteiger partial charge on any atom is 0.312 e. The van der Waals surface area contributed by atoms with Crippen LogP contribution in [0.3, 0.4) is 0 Å². The number of ether oxygens (including phenoxy) is 2. The van der Waals surface area contributed by atoms with Crippen LogP contribution in [0.15, 0.2) is 16.6 Å². The number of halogens is 1. The number of aliphatic hydroxyl groups is 1. The van der Waals surface area contributed by atoms with Crippen molar-refractivity contribution in [1.29, 1.82) is 0 Å². The number of nitro benzene ring substituents is 1. The summed E-state index contributed by atoms with van der Waals surface area (Å²) in [5, 5.41) is 20.6. The molecular weight excluding hydrogens is 306 g/mol. The van der Waals surface area contributed by atoms with Gasteiger partial charge in [0.1, 0.15) is 0 Å². The fourth-order valence-corrected chi connectivity index (χ4v) is 1.85. The standard InChI is InChI=1S/C11H14BrNO5/c1-3-17-6-18-11-9(7(2)14)4-8(12)5-10(11)13(15)16/h4-5,7,14H,3,6H2,1-2H3/t7-/m0/s1. The van der Waals surface area contributed by atoms with Gasteiger partial charge >= 0.3 is 5.69 Å². The molecule has 0 spiro atoms. The van der Waals surface area contributed by atoms with E-state index < -0.39 is 11.0 Å². The lowest BCUT2D eigenvalue weighted by Crippen LogP contribution is -2.08. The summed E-state index contributed by atoms with van der Waals surface area (Å²) in [5.41, 5.74) is 0.135. The summed E-state index contributed by atoms with van der Waals surface area (Å²) in [6.07, 6.45) is -0.877. The SMILES string of the molecule is CCOCOc1c([C@H](C)O)cc(Br)cc1[N+](=O)[O-]. The van der Waals surface area contributed by atoms with Gasteiger partial charge in [-0.15, -0.1) is 0 Å². The van der Waals surface area contributed by atoms with Gasteiger partial charge in [-0.25, -0.2) is 0 Å². The molecule has 0 aliphatic rings.